The Kier molecular flexibility index (Phi) is 8.76. The Labute approximate surface area is 372 Å². The van der Waals surface area contributed by atoms with Crippen LogP contribution >= 0.6 is 0 Å². The maximum Gasteiger partial charge on any atom is 0.0540 e. The molecule has 0 saturated heterocycles. The van der Waals surface area contributed by atoms with Gasteiger partial charge in [-0.25, -0.2) is 0 Å². The second kappa shape index (κ2) is 14.7. The van der Waals surface area contributed by atoms with Crippen LogP contribution < -0.4 is 4.90 Å². The minimum Gasteiger partial charge on any atom is -0.309 e. The highest BCUT2D eigenvalue weighted by molar-refractivity contribution is 6.01. The molecule has 1 spiro atoms. The van der Waals surface area contributed by atoms with E-state index in [0.717, 1.165) is 5.69 Å². The van der Waals surface area contributed by atoms with Crippen LogP contribution in [-0.2, 0) is 10.8 Å². The van der Waals surface area contributed by atoms with Gasteiger partial charge in [-0.15, -0.1) is 0 Å². The van der Waals surface area contributed by atoms with E-state index >= 15 is 0 Å². The van der Waals surface area contributed by atoms with E-state index in [1.54, 1.807) is 0 Å². The molecule has 0 N–H and O–H groups in total. The minimum absolute atomic E-state index is 0.0381. The van der Waals surface area contributed by atoms with E-state index in [9.17, 15) is 0 Å². The average molecular weight is 808 g/mol. The largest absolute Gasteiger partial charge is 0.309 e. The van der Waals surface area contributed by atoms with Gasteiger partial charge in [0.2, 0.25) is 0 Å². The summed E-state index contributed by atoms with van der Waals surface area (Å²) < 4.78 is 0. The summed E-state index contributed by atoms with van der Waals surface area (Å²) in [4.78, 5) is 2.59. The van der Waals surface area contributed by atoms with Crippen LogP contribution in [0.25, 0.3) is 66.8 Å². The first-order valence-corrected chi connectivity index (χ1v) is 22.7. The summed E-state index contributed by atoms with van der Waals surface area (Å²) in [7, 11) is 0. The summed E-state index contributed by atoms with van der Waals surface area (Å²) in [5.41, 5.74) is 24.4. The lowest BCUT2D eigenvalue weighted by Crippen LogP contribution is -2.21. The van der Waals surface area contributed by atoms with Crippen molar-refractivity contribution in [3.63, 3.8) is 0 Å². The Balaban J connectivity index is 1.11. The fraction of sp³-hybridized carbons (Fsp3) is 0.129. The van der Waals surface area contributed by atoms with Gasteiger partial charge in [-0.1, -0.05) is 215 Å². The zero-order chi connectivity index (χ0) is 42.1. The van der Waals surface area contributed by atoms with Crippen LogP contribution in [-0.4, -0.2) is 0 Å². The average Bonchev–Trinajstić information content (AvgIpc) is 4.02. The highest BCUT2D eigenvalue weighted by Crippen LogP contribution is 2.59. The van der Waals surface area contributed by atoms with Gasteiger partial charge >= 0.3 is 0 Å². The number of anilines is 3. The van der Waals surface area contributed by atoms with E-state index in [0.29, 0.717) is 0 Å². The number of benzene rings is 9. The number of hydrogen-bond acceptors (Lipinski definition) is 1. The van der Waals surface area contributed by atoms with Crippen molar-refractivity contribution in [2.45, 2.75) is 50.4 Å². The fourth-order valence-electron chi connectivity index (χ4n) is 11.9. The minimum atomic E-state index is -0.169. The first-order valence-electron chi connectivity index (χ1n) is 22.7. The van der Waals surface area contributed by atoms with Crippen LogP contribution in [0.15, 0.2) is 212 Å². The van der Waals surface area contributed by atoms with Crippen LogP contribution in [0.1, 0.15) is 61.8 Å². The van der Waals surface area contributed by atoms with Crippen LogP contribution in [0.2, 0.25) is 0 Å². The zero-order valence-electron chi connectivity index (χ0n) is 36.0. The third-order valence-corrected chi connectivity index (χ3v) is 14.6. The summed E-state index contributed by atoms with van der Waals surface area (Å²) in [6.07, 6.45) is 4.89. The zero-order valence-corrected chi connectivity index (χ0v) is 36.0. The molecule has 302 valence electrons. The van der Waals surface area contributed by atoms with Crippen molar-refractivity contribution in [3.05, 3.63) is 235 Å². The van der Waals surface area contributed by atoms with E-state index < -0.39 is 0 Å². The lowest BCUT2D eigenvalue weighted by molar-refractivity contribution is 0.550. The number of hydrogen-bond donors (Lipinski definition) is 0. The maximum absolute atomic E-state index is 2.59. The lowest BCUT2D eigenvalue weighted by atomic mass is 9.76. The Hall–Kier alpha value is -7.22. The summed E-state index contributed by atoms with van der Waals surface area (Å²) in [6, 6.07) is 79.5. The molecule has 0 bridgehead atoms. The van der Waals surface area contributed by atoms with Crippen molar-refractivity contribution in [3.8, 4) is 66.8 Å². The molecule has 3 aliphatic rings. The van der Waals surface area contributed by atoms with Gasteiger partial charge < -0.3 is 4.90 Å². The number of nitrogens with zero attached hydrogens (tertiary/aromatic N) is 1. The van der Waals surface area contributed by atoms with Gasteiger partial charge in [0, 0.05) is 27.6 Å². The van der Waals surface area contributed by atoms with Gasteiger partial charge in [-0.3, -0.25) is 0 Å². The highest BCUT2D eigenvalue weighted by atomic mass is 15.1. The maximum atomic E-state index is 2.59. The summed E-state index contributed by atoms with van der Waals surface area (Å²) in [5, 5.41) is 0. The van der Waals surface area contributed by atoms with Crippen molar-refractivity contribution in [1.82, 2.24) is 0 Å². The molecule has 0 heterocycles. The topological polar surface area (TPSA) is 3.24 Å². The van der Waals surface area contributed by atoms with Gasteiger partial charge in [-0.2, -0.15) is 0 Å². The summed E-state index contributed by atoms with van der Waals surface area (Å²) in [5.74, 6) is 0. The number of rotatable bonds is 7. The molecule has 0 aromatic heterocycles. The summed E-state index contributed by atoms with van der Waals surface area (Å²) in [6.45, 7) is 4.81. The second-order valence-corrected chi connectivity index (χ2v) is 18.3. The quantitative estimate of drug-likeness (QED) is 0.155. The molecule has 12 rings (SSSR count). The predicted molar refractivity (Wildman–Crippen MR) is 265 cm³/mol. The van der Waals surface area contributed by atoms with E-state index in [4.69, 9.17) is 0 Å². The van der Waals surface area contributed by atoms with Gasteiger partial charge in [-0.05, 0) is 115 Å². The SMILES string of the molecule is CC1(C)c2ccccc2-c2cccc(-c3ccccc3N(c3ccc4c(c3)C3(CCCC3)c3ccccc3-4)c3ccccc3-c3ccccc3-c3ccccc3-c3ccccc3)c21. The third-order valence-electron chi connectivity index (χ3n) is 14.6. The fourth-order valence-corrected chi connectivity index (χ4v) is 11.9. The molecule has 9 aromatic rings. The van der Waals surface area contributed by atoms with E-state index in [-0.39, 0.29) is 10.8 Å². The predicted octanol–water partition coefficient (Wildman–Crippen LogP) is 17.0. The Morgan fingerprint density at radius 2 is 0.762 bits per heavy atom. The number of fused-ring (bicyclic) bond motifs is 8. The molecule has 0 amide bonds. The first-order chi connectivity index (χ1) is 31.0. The normalized spacial score (nSPS) is 14.8. The van der Waals surface area contributed by atoms with E-state index in [2.05, 4.69) is 231 Å². The molecule has 0 aliphatic heterocycles. The second-order valence-electron chi connectivity index (χ2n) is 18.3. The van der Waals surface area contributed by atoms with Crippen molar-refractivity contribution >= 4 is 17.1 Å². The number of para-hydroxylation sites is 2. The molecule has 0 atom stereocenters. The van der Waals surface area contributed by atoms with Gasteiger partial charge in [0.15, 0.2) is 0 Å². The molecule has 63 heavy (non-hydrogen) atoms. The third kappa shape index (κ3) is 5.76. The molecule has 0 unspecified atom stereocenters. The molecule has 1 heteroatoms. The smallest absolute Gasteiger partial charge is 0.0540 e. The Morgan fingerprint density at radius 1 is 0.333 bits per heavy atom. The van der Waals surface area contributed by atoms with Crippen LogP contribution in [0.3, 0.4) is 0 Å². The standard InChI is InChI=1S/C62H49N/c1-61(2)55-33-14-10-28-49(55)53-31-20-32-54(60(53)61)52-30-13-17-36-59(52)63(43-37-38-50-48-27-11-15-34-56(48)62(57(50)41-43)39-18-19-40-62)58-35-16-12-29-51(58)47-26-9-8-25-46(47)45-24-7-6-23-44(45)42-21-4-3-5-22-42/h3-17,20-38,41H,18-19,39-40H2,1-2H3. The van der Waals surface area contributed by atoms with Crippen LogP contribution in [0.5, 0.6) is 0 Å². The van der Waals surface area contributed by atoms with E-state index in [1.165, 1.54) is 126 Å². The molecule has 1 fully saturated rings. The molecule has 3 aliphatic carbocycles. The van der Waals surface area contributed by atoms with E-state index in [1.807, 2.05) is 0 Å². The van der Waals surface area contributed by atoms with Crippen molar-refractivity contribution < 1.29 is 0 Å². The molecule has 1 saturated carbocycles. The van der Waals surface area contributed by atoms with Gasteiger partial charge in [0.25, 0.3) is 0 Å². The molecule has 9 aromatic carbocycles. The molecular formula is C62H49N. The summed E-state index contributed by atoms with van der Waals surface area (Å²) >= 11 is 0. The Bertz CT molecular complexity index is 3220. The first kappa shape index (κ1) is 37.5. The molecule has 0 radical (unpaired) electrons. The van der Waals surface area contributed by atoms with Crippen molar-refractivity contribution in [1.29, 1.82) is 0 Å². The van der Waals surface area contributed by atoms with Crippen molar-refractivity contribution in [2.24, 2.45) is 0 Å². The van der Waals surface area contributed by atoms with Gasteiger partial charge in [0.1, 0.15) is 0 Å². The van der Waals surface area contributed by atoms with Crippen molar-refractivity contribution in [2.75, 3.05) is 4.90 Å². The monoisotopic (exact) mass is 807 g/mol. The molecular weight excluding hydrogens is 759 g/mol. The molecule has 1 nitrogen and oxygen atoms in total. The Morgan fingerprint density at radius 3 is 1.41 bits per heavy atom. The lowest BCUT2D eigenvalue weighted by Gasteiger charge is -2.33. The van der Waals surface area contributed by atoms with Gasteiger partial charge in [0.05, 0.1) is 11.4 Å². The van der Waals surface area contributed by atoms with Crippen LogP contribution in [0, 0.1) is 0 Å². The van der Waals surface area contributed by atoms with Crippen LogP contribution in [0.4, 0.5) is 17.1 Å². The highest BCUT2D eigenvalue weighted by Gasteiger charge is 2.45.